The van der Waals surface area contributed by atoms with Gasteiger partial charge >= 0.3 is 6.03 Å². The number of aromatic nitrogens is 1. The van der Waals surface area contributed by atoms with Crippen LogP contribution in [0, 0.1) is 6.92 Å². The molecule has 1 heterocycles. The number of urea groups is 1. The van der Waals surface area contributed by atoms with Crippen molar-refractivity contribution in [1.82, 2.24) is 9.99 Å². The number of fused-ring (bicyclic) bond motifs is 1. The number of hydrogen-bond acceptors (Lipinski definition) is 2. The van der Waals surface area contributed by atoms with Crippen LogP contribution in [0.3, 0.4) is 0 Å². The lowest BCUT2D eigenvalue weighted by Crippen LogP contribution is -2.24. The second kappa shape index (κ2) is 4.91. The third kappa shape index (κ3) is 2.07. The van der Waals surface area contributed by atoms with Gasteiger partial charge in [-0.05, 0) is 19.9 Å². The summed E-state index contributed by atoms with van der Waals surface area (Å²) >= 11 is 0. The summed E-state index contributed by atoms with van der Waals surface area (Å²) in [5.41, 5.74) is 10.5. The smallest absolute Gasteiger partial charge is 0.332 e. The molecule has 2 aromatic rings. The second-order valence-corrected chi connectivity index (χ2v) is 3.99. The average Bonchev–Trinajstić information content (AvgIpc) is 2.62. The van der Waals surface area contributed by atoms with Gasteiger partial charge in [0.25, 0.3) is 0 Å². The molecule has 94 valence electrons. The fourth-order valence-corrected chi connectivity index (χ4v) is 2.19. The number of amides is 2. The topological polar surface area (TPSA) is 72.4 Å². The molecule has 5 heteroatoms. The number of hydrogen-bond donors (Lipinski definition) is 2. The third-order valence-electron chi connectivity index (χ3n) is 2.96. The first-order chi connectivity index (χ1) is 8.65. The summed E-state index contributed by atoms with van der Waals surface area (Å²) in [6.07, 6.45) is 1.63. The van der Waals surface area contributed by atoms with Crippen molar-refractivity contribution in [2.75, 3.05) is 0 Å². The predicted molar refractivity (Wildman–Crippen MR) is 72.7 cm³/mol. The van der Waals surface area contributed by atoms with Crippen LogP contribution in [0.5, 0.6) is 0 Å². The minimum Gasteiger partial charge on any atom is -0.350 e. The van der Waals surface area contributed by atoms with E-state index in [2.05, 4.69) is 28.1 Å². The SMILES string of the molecule is CCn1c(C)c(/C=N\NC(N)=O)c2ccccc21. The molecule has 0 fully saturated rings. The van der Waals surface area contributed by atoms with Crippen LogP contribution in [0.25, 0.3) is 10.9 Å². The number of hydrazone groups is 1. The summed E-state index contributed by atoms with van der Waals surface area (Å²) in [5.74, 6) is 0. The van der Waals surface area contributed by atoms with Crippen LogP contribution in [-0.4, -0.2) is 16.8 Å². The Hall–Kier alpha value is -2.30. The van der Waals surface area contributed by atoms with Crippen LogP contribution in [0.1, 0.15) is 18.2 Å². The number of para-hydroxylation sites is 1. The molecule has 0 aliphatic heterocycles. The van der Waals surface area contributed by atoms with Gasteiger partial charge in [0.1, 0.15) is 0 Å². The molecule has 0 aliphatic carbocycles. The minimum absolute atomic E-state index is 0.664. The Morgan fingerprint density at radius 1 is 1.50 bits per heavy atom. The highest BCUT2D eigenvalue weighted by atomic mass is 16.2. The Balaban J connectivity index is 2.52. The van der Waals surface area contributed by atoms with Crippen molar-refractivity contribution in [2.24, 2.45) is 10.8 Å². The zero-order valence-corrected chi connectivity index (χ0v) is 10.5. The van der Waals surface area contributed by atoms with Crippen LogP contribution in [-0.2, 0) is 6.54 Å². The Morgan fingerprint density at radius 3 is 2.89 bits per heavy atom. The van der Waals surface area contributed by atoms with Crippen molar-refractivity contribution in [3.05, 3.63) is 35.5 Å². The van der Waals surface area contributed by atoms with E-state index < -0.39 is 6.03 Å². The van der Waals surface area contributed by atoms with E-state index in [1.807, 2.05) is 25.1 Å². The van der Waals surface area contributed by atoms with E-state index in [9.17, 15) is 4.79 Å². The first-order valence-electron chi connectivity index (χ1n) is 5.81. The van der Waals surface area contributed by atoms with Gasteiger partial charge < -0.3 is 10.3 Å². The van der Waals surface area contributed by atoms with Crippen LogP contribution < -0.4 is 11.2 Å². The maximum atomic E-state index is 10.6. The van der Waals surface area contributed by atoms with Crippen LogP contribution in [0.15, 0.2) is 29.4 Å². The molecule has 1 aromatic heterocycles. The molecule has 0 radical (unpaired) electrons. The Bertz CT molecular complexity index is 613. The number of carbonyl (C=O) groups is 1. The summed E-state index contributed by atoms with van der Waals surface area (Å²) in [6, 6.07) is 7.45. The lowest BCUT2D eigenvalue weighted by molar-refractivity contribution is 0.249. The Morgan fingerprint density at radius 2 is 2.22 bits per heavy atom. The molecule has 2 rings (SSSR count). The molecule has 0 unspecified atom stereocenters. The highest BCUT2D eigenvalue weighted by Crippen LogP contribution is 2.24. The molecule has 0 saturated heterocycles. The highest BCUT2D eigenvalue weighted by molar-refractivity contribution is 6.01. The van der Waals surface area contributed by atoms with Gasteiger partial charge in [-0.25, -0.2) is 10.2 Å². The van der Waals surface area contributed by atoms with Gasteiger partial charge in [0, 0.05) is 28.7 Å². The highest BCUT2D eigenvalue weighted by Gasteiger charge is 2.10. The maximum absolute atomic E-state index is 10.6. The molecule has 18 heavy (non-hydrogen) atoms. The van der Waals surface area contributed by atoms with Crippen LogP contribution >= 0.6 is 0 Å². The third-order valence-corrected chi connectivity index (χ3v) is 2.96. The average molecular weight is 244 g/mol. The number of nitrogens with zero attached hydrogens (tertiary/aromatic N) is 2. The van der Waals surface area contributed by atoms with Crippen molar-refractivity contribution in [1.29, 1.82) is 0 Å². The summed E-state index contributed by atoms with van der Waals surface area (Å²) in [6.45, 7) is 5.03. The molecule has 0 aliphatic rings. The van der Waals surface area contributed by atoms with Crippen LogP contribution in [0.2, 0.25) is 0 Å². The number of primary amides is 1. The molecule has 3 N–H and O–H groups in total. The number of aryl methyl sites for hydroxylation is 1. The van der Waals surface area contributed by atoms with E-state index in [0.717, 1.165) is 28.7 Å². The van der Waals surface area contributed by atoms with Crippen molar-refractivity contribution < 1.29 is 4.79 Å². The zero-order chi connectivity index (χ0) is 13.1. The van der Waals surface area contributed by atoms with Crippen molar-refractivity contribution in [3.8, 4) is 0 Å². The standard InChI is InChI=1S/C13H16N4O/c1-3-17-9(2)11(8-15-16-13(14)18)10-6-4-5-7-12(10)17/h4-8H,3H2,1-2H3,(H3,14,16,18)/b15-8-. The van der Waals surface area contributed by atoms with E-state index >= 15 is 0 Å². The Labute approximate surface area is 105 Å². The van der Waals surface area contributed by atoms with Gasteiger partial charge in [-0.15, -0.1) is 0 Å². The number of nitrogens with two attached hydrogens (primary N) is 1. The summed E-state index contributed by atoms with van der Waals surface area (Å²) in [5, 5.41) is 4.95. The van der Waals surface area contributed by atoms with Gasteiger partial charge in [0.05, 0.1) is 6.21 Å². The second-order valence-electron chi connectivity index (χ2n) is 3.99. The fourth-order valence-electron chi connectivity index (χ4n) is 2.19. The minimum atomic E-state index is -0.664. The monoisotopic (exact) mass is 244 g/mol. The maximum Gasteiger partial charge on any atom is 0.332 e. The fraction of sp³-hybridized carbons (Fsp3) is 0.231. The quantitative estimate of drug-likeness (QED) is 0.628. The van der Waals surface area contributed by atoms with Gasteiger partial charge in [-0.1, -0.05) is 18.2 Å². The van der Waals surface area contributed by atoms with Gasteiger partial charge in [0.2, 0.25) is 0 Å². The summed E-state index contributed by atoms with van der Waals surface area (Å²) in [4.78, 5) is 10.6. The van der Waals surface area contributed by atoms with Crippen molar-refractivity contribution in [2.45, 2.75) is 20.4 Å². The molecule has 0 bridgehead atoms. The lowest BCUT2D eigenvalue weighted by atomic mass is 10.1. The first-order valence-corrected chi connectivity index (χ1v) is 5.81. The van der Waals surface area contributed by atoms with Gasteiger partial charge in [-0.2, -0.15) is 5.10 Å². The van der Waals surface area contributed by atoms with E-state index in [4.69, 9.17) is 5.73 Å². The molecular formula is C13H16N4O. The number of nitrogens with one attached hydrogen (secondary N) is 1. The van der Waals surface area contributed by atoms with E-state index in [1.165, 1.54) is 0 Å². The van der Waals surface area contributed by atoms with E-state index in [1.54, 1.807) is 6.21 Å². The van der Waals surface area contributed by atoms with Crippen LogP contribution in [0.4, 0.5) is 4.79 Å². The normalized spacial score (nSPS) is 11.2. The number of rotatable bonds is 3. The molecular weight excluding hydrogens is 228 g/mol. The predicted octanol–water partition coefficient (Wildman–Crippen LogP) is 1.97. The van der Waals surface area contributed by atoms with Gasteiger partial charge in [0.15, 0.2) is 0 Å². The van der Waals surface area contributed by atoms with Gasteiger partial charge in [-0.3, -0.25) is 0 Å². The summed E-state index contributed by atoms with van der Waals surface area (Å²) in [7, 11) is 0. The first kappa shape index (κ1) is 12.2. The van der Waals surface area contributed by atoms with E-state index in [-0.39, 0.29) is 0 Å². The summed E-state index contributed by atoms with van der Waals surface area (Å²) < 4.78 is 2.21. The van der Waals surface area contributed by atoms with Crippen molar-refractivity contribution in [3.63, 3.8) is 0 Å². The Kier molecular flexibility index (Phi) is 3.32. The molecule has 0 atom stereocenters. The molecule has 2 amide bonds. The molecule has 1 aromatic carbocycles. The zero-order valence-electron chi connectivity index (χ0n) is 10.5. The number of carbonyl (C=O) groups excluding carboxylic acids is 1. The molecule has 0 saturated carbocycles. The molecule has 0 spiro atoms. The number of benzene rings is 1. The molecule has 5 nitrogen and oxygen atoms in total. The van der Waals surface area contributed by atoms with E-state index in [0.29, 0.717) is 0 Å². The lowest BCUT2D eigenvalue weighted by Gasteiger charge is -2.03. The van der Waals surface area contributed by atoms with Crippen molar-refractivity contribution >= 4 is 23.1 Å². The largest absolute Gasteiger partial charge is 0.350 e.